The van der Waals surface area contributed by atoms with Crippen molar-refractivity contribution in [1.82, 2.24) is 4.90 Å². The topological polar surface area (TPSA) is 109 Å². The number of carbonyl (C=O) groups is 2. The Bertz CT molecular complexity index is 1080. The van der Waals surface area contributed by atoms with Crippen molar-refractivity contribution in [2.24, 2.45) is 0 Å². The van der Waals surface area contributed by atoms with Gasteiger partial charge in [0.25, 0.3) is 0 Å². The van der Waals surface area contributed by atoms with E-state index in [1.165, 1.54) is 24.3 Å². The molecule has 3 heterocycles. The predicted molar refractivity (Wildman–Crippen MR) is 125 cm³/mol. The van der Waals surface area contributed by atoms with E-state index in [-0.39, 0.29) is 42.9 Å². The molecule has 5 rings (SSSR count). The Balaban J connectivity index is 1.27. The van der Waals surface area contributed by atoms with E-state index in [1.807, 2.05) is 6.07 Å². The summed E-state index contributed by atoms with van der Waals surface area (Å²) in [7, 11) is 0. The van der Waals surface area contributed by atoms with E-state index in [0.29, 0.717) is 49.8 Å². The largest absolute Gasteiger partial charge is 0.487 e. The number of hydrogen-bond acceptors (Lipinski definition) is 6. The van der Waals surface area contributed by atoms with Crippen LogP contribution in [0.3, 0.4) is 0 Å². The fourth-order valence-corrected chi connectivity index (χ4v) is 4.93. The van der Waals surface area contributed by atoms with Gasteiger partial charge < -0.3 is 34.9 Å². The Morgan fingerprint density at radius 3 is 2.51 bits per heavy atom. The number of halogens is 1. The second-order valence-electron chi connectivity index (χ2n) is 8.94. The van der Waals surface area contributed by atoms with Crippen LogP contribution in [-0.4, -0.2) is 73.2 Å². The first-order valence-electron chi connectivity index (χ1n) is 11.8. The Morgan fingerprint density at radius 2 is 1.77 bits per heavy atom. The molecule has 2 aromatic carbocycles. The van der Waals surface area contributed by atoms with E-state index < -0.39 is 12.1 Å². The molecule has 0 bridgehead atoms. The van der Waals surface area contributed by atoms with Crippen LogP contribution in [0, 0.1) is 5.82 Å². The maximum Gasteiger partial charge on any atom is 0.323 e. The summed E-state index contributed by atoms with van der Waals surface area (Å²) < 4.78 is 30.6. The highest BCUT2D eigenvalue weighted by Gasteiger charge is 2.46. The normalized spacial score (nSPS) is 25.3. The Labute approximate surface area is 202 Å². The Morgan fingerprint density at radius 1 is 1.06 bits per heavy atom. The number of nitrogens with one attached hydrogen (secondary N) is 2. The van der Waals surface area contributed by atoms with Crippen LogP contribution in [0.5, 0.6) is 5.75 Å². The number of ether oxygens (including phenoxy) is 3. The number of aliphatic hydroxyl groups is 1. The van der Waals surface area contributed by atoms with Crippen LogP contribution in [0.1, 0.15) is 24.3 Å². The fraction of sp³-hybridized carbons (Fsp3) is 0.440. The van der Waals surface area contributed by atoms with E-state index in [2.05, 4.69) is 10.6 Å². The van der Waals surface area contributed by atoms with Crippen LogP contribution in [0.25, 0.3) is 0 Å². The number of hydrogen-bond donors (Lipinski definition) is 3. The monoisotopic (exact) mass is 485 g/mol. The van der Waals surface area contributed by atoms with Crippen LogP contribution < -0.4 is 15.4 Å². The molecular weight excluding hydrogens is 457 g/mol. The van der Waals surface area contributed by atoms with Crippen LogP contribution in [-0.2, 0) is 14.3 Å². The standard InChI is InChI=1S/C25H28FN3O6/c26-15-1-3-16(4-2-15)27-25(32)28-17-5-6-21-19(11-17)20-12-18(34-22(14-30)24(20)35-21)13-23(31)29-7-9-33-10-8-29/h1-6,11,18,20,22,24,30H,7-10,12-14H2,(H2,27,28,32)/t18-,20+,22+,24-/m1/s1. The number of fused-ring (bicyclic) bond motifs is 3. The van der Waals surface area contributed by atoms with Gasteiger partial charge in [-0.3, -0.25) is 4.79 Å². The number of urea groups is 1. The molecule has 0 saturated carbocycles. The molecule has 3 aliphatic heterocycles. The van der Waals surface area contributed by atoms with Gasteiger partial charge in [-0.1, -0.05) is 0 Å². The second kappa shape index (κ2) is 10.2. The molecule has 0 aromatic heterocycles. The zero-order chi connectivity index (χ0) is 24.4. The molecule has 2 saturated heterocycles. The summed E-state index contributed by atoms with van der Waals surface area (Å²) in [5.41, 5.74) is 1.94. The molecule has 186 valence electrons. The van der Waals surface area contributed by atoms with Gasteiger partial charge in [-0.2, -0.15) is 0 Å². The highest BCUT2D eigenvalue weighted by molar-refractivity contribution is 5.99. The van der Waals surface area contributed by atoms with Gasteiger partial charge in [0.05, 0.1) is 32.3 Å². The van der Waals surface area contributed by atoms with Gasteiger partial charge in [0.15, 0.2) is 0 Å². The van der Waals surface area contributed by atoms with Crippen molar-refractivity contribution in [2.75, 3.05) is 43.5 Å². The van der Waals surface area contributed by atoms with E-state index in [1.54, 1.807) is 17.0 Å². The minimum atomic E-state index is -0.554. The summed E-state index contributed by atoms with van der Waals surface area (Å²) in [5.74, 6) is 0.221. The molecule has 3 amide bonds. The van der Waals surface area contributed by atoms with Crippen molar-refractivity contribution >= 4 is 23.3 Å². The molecule has 2 aromatic rings. The zero-order valence-corrected chi connectivity index (χ0v) is 19.1. The lowest BCUT2D eigenvalue weighted by molar-refractivity contribution is -0.151. The van der Waals surface area contributed by atoms with Crippen LogP contribution in [0.15, 0.2) is 42.5 Å². The van der Waals surface area contributed by atoms with Crippen molar-refractivity contribution in [1.29, 1.82) is 0 Å². The maximum absolute atomic E-state index is 13.1. The number of carbonyl (C=O) groups excluding carboxylic acids is 2. The highest BCUT2D eigenvalue weighted by Crippen LogP contribution is 2.47. The lowest BCUT2D eigenvalue weighted by Crippen LogP contribution is -2.48. The van der Waals surface area contributed by atoms with Gasteiger partial charge in [-0.05, 0) is 48.9 Å². The summed E-state index contributed by atoms with van der Waals surface area (Å²) in [5, 5.41) is 15.4. The average Bonchev–Trinajstić information content (AvgIpc) is 3.23. The number of rotatable bonds is 5. The average molecular weight is 486 g/mol. The minimum absolute atomic E-state index is 0.0143. The van der Waals surface area contributed by atoms with E-state index in [9.17, 15) is 19.1 Å². The number of amides is 3. The van der Waals surface area contributed by atoms with Gasteiger partial charge in [0.1, 0.15) is 23.8 Å². The molecule has 4 atom stereocenters. The lowest BCUT2D eigenvalue weighted by Gasteiger charge is -2.38. The van der Waals surface area contributed by atoms with Gasteiger partial charge in [-0.15, -0.1) is 0 Å². The first-order valence-corrected chi connectivity index (χ1v) is 11.8. The van der Waals surface area contributed by atoms with Crippen molar-refractivity contribution in [3.63, 3.8) is 0 Å². The smallest absolute Gasteiger partial charge is 0.323 e. The highest BCUT2D eigenvalue weighted by atomic mass is 19.1. The third-order valence-corrected chi connectivity index (χ3v) is 6.63. The summed E-state index contributed by atoms with van der Waals surface area (Å²) in [6.45, 7) is 1.99. The summed E-state index contributed by atoms with van der Waals surface area (Å²) in [6.07, 6.45) is -0.478. The van der Waals surface area contributed by atoms with Crippen LogP contribution in [0.2, 0.25) is 0 Å². The molecule has 3 aliphatic rings. The van der Waals surface area contributed by atoms with Crippen molar-refractivity contribution < 1.29 is 33.3 Å². The molecular formula is C25H28FN3O6. The fourth-order valence-electron chi connectivity index (χ4n) is 4.93. The quantitative estimate of drug-likeness (QED) is 0.601. The minimum Gasteiger partial charge on any atom is -0.487 e. The summed E-state index contributed by atoms with van der Waals surface area (Å²) >= 11 is 0. The number of nitrogens with zero attached hydrogens (tertiary/aromatic N) is 1. The molecule has 2 fully saturated rings. The first kappa shape index (κ1) is 23.5. The predicted octanol–water partition coefficient (Wildman–Crippen LogP) is 2.71. The van der Waals surface area contributed by atoms with Gasteiger partial charge in [0.2, 0.25) is 5.91 Å². The Kier molecular flexibility index (Phi) is 6.85. The molecule has 35 heavy (non-hydrogen) atoms. The lowest BCUT2D eigenvalue weighted by atomic mass is 9.84. The van der Waals surface area contributed by atoms with E-state index in [0.717, 1.165) is 5.56 Å². The van der Waals surface area contributed by atoms with Crippen LogP contribution >= 0.6 is 0 Å². The SMILES string of the molecule is O=C(Nc1ccc(F)cc1)Nc1ccc2c(c1)[C@@H]1C[C@H](CC(=O)N3CCOCC3)O[C@@H](CO)[C@@H]1O2. The third-order valence-electron chi connectivity index (χ3n) is 6.63. The van der Waals surface area contributed by atoms with E-state index >= 15 is 0 Å². The van der Waals surface area contributed by atoms with Gasteiger partial charge in [-0.25, -0.2) is 9.18 Å². The Hall–Kier alpha value is -3.21. The zero-order valence-electron chi connectivity index (χ0n) is 19.1. The van der Waals surface area contributed by atoms with E-state index in [4.69, 9.17) is 14.2 Å². The van der Waals surface area contributed by atoms with Crippen molar-refractivity contribution in [3.05, 3.63) is 53.8 Å². The molecule has 0 radical (unpaired) electrons. The van der Waals surface area contributed by atoms with Crippen molar-refractivity contribution in [2.45, 2.75) is 37.1 Å². The third kappa shape index (κ3) is 5.24. The van der Waals surface area contributed by atoms with Crippen LogP contribution in [0.4, 0.5) is 20.6 Å². The summed E-state index contributed by atoms with van der Waals surface area (Å²) in [6, 6.07) is 10.4. The molecule has 0 aliphatic carbocycles. The van der Waals surface area contributed by atoms with Crippen molar-refractivity contribution in [3.8, 4) is 5.75 Å². The number of anilines is 2. The molecule has 10 heteroatoms. The molecule has 3 N–H and O–H groups in total. The number of benzene rings is 2. The maximum atomic E-state index is 13.1. The molecule has 0 unspecified atom stereocenters. The first-order chi connectivity index (χ1) is 17.0. The summed E-state index contributed by atoms with van der Waals surface area (Å²) in [4.78, 5) is 27.0. The molecule has 0 spiro atoms. The molecule has 9 nitrogen and oxygen atoms in total. The van der Waals surface area contributed by atoms with Gasteiger partial charge in [0, 0.05) is 35.9 Å². The number of aliphatic hydroxyl groups excluding tert-OH is 1. The second-order valence-corrected chi connectivity index (χ2v) is 8.94. The van der Waals surface area contributed by atoms with Gasteiger partial charge >= 0.3 is 6.03 Å². The number of morpholine rings is 1.